The Balaban J connectivity index is 1.83. The van der Waals surface area contributed by atoms with Gasteiger partial charge in [-0.2, -0.15) is 10.2 Å². The maximum absolute atomic E-state index is 13.0. The van der Waals surface area contributed by atoms with Crippen LogP contribution in [0.4, 0.5) is 11.8 Å². The Morgan fingerprint density at radius 2 is 2.18 bits per heavy atom. The number of piperidine rings is 1. The molecule has 0 spiro atoms. The Kier molecular flexibility index (Phi) is 4.82. The smallest absolute Gasteiger partial charge is 0.258 e. The molecule has 1 fully saturated rings. The minimum absolute atomic E-state index is 0.221. The summed E-state index contributed by atoms with van der Waals surface area (Å²) in [7, 11) is 0. The summed E-state index contributed by atoms with van der Waals surface area (Å²) >= 11 is 6.11. The Morgan fingerprint density at radius 3 is 2.89 bits per heavy atom. The molecule has 2 N–H and O–H groups in total. The molecule has 7 nitrogen and oxygen atoms in total. The topological polar surface area (TPSA) is 102 Å². The molecule has 8 heteroatoms. The number of carbonyl (C=O) groups is 1. The van der Waals surface area contributed by atoms with Crippen molar-refractivity contribution in [2.45, 2.75) is 25.7 Å². The van der Waals surface area contributed by atoms with E-state index < -0.39 is 17.7 Å². The van der Waals surface area contributed by atoms with Gasteiger partial charge in [-0.05, 0) is 36.5 Å². The van der Waals surface area contributed by atoms with Gasteiger partial charge in [-0.3, -0.25) is 14.6 Å². The van der Waals surface area contributed by atoms with Crippen molar-refractivity contribution in [1.29, 1.82) is 5.26 Å². The van der Waals surface area contributed by atoms with Gasteiger partial charge in [0.05, 0.1) is 11.6 Å². The standard InChI is InChI=1S/C20H20ClN5O2/c1-11-4-3-7-26(10-11)20-24-17-16(19(28)25-20)15(14(9-22)18(27)23-17)12-5-2-6-13(21)8-12/h2,5-6,8,11,14-15H,3-4,7,10H2,1H3,(H2,23,24,25,27,28). The van der Waals surface area contributed by atoms with Crippen molar-refractivity contribution >= 4 is 29.3 Å². The second-order valence-corrected chi connectivity index (χ2v) is 7.91. The summed E-state index contributed by atoms with van der Waals surface area (Å²) in [4.78, 5) is 35.1. The van der Waals surface area contributed by atoms with Crippen LogP contribution < -0.4 is 15.8 Å². The fraction of sp³-hybridized carbons (Fsp3) is 0.400. The summed E-state index contributed by atoms with van der Waals surface area (Å²) in [6.07, 6.45) is 2.17. The highest BCUT2D eigenvalue weighted by molar-refractivity contribution is 6.30. The van der Waals surface area contributed by atoms with Crippen LogP contribution in [0, 0.1) is 23.2 Å². The largest absolute Gasteiger partial charge is 0.342 e. The molecule has 1 aromatic heterocycles. The molecule has 3 atom stereocenters. The first kappa shape index (κ1) is 18.5. The number of nitrogens with zero attached hydrogens (tertiary/aromatic N) is 3. The molecule has 2 aliphatic rings. The van der Waals surface area contributed by atoms with Gasteiger partial charge >= 0.3 is 0 Å². The van der Waals surface area contributed by atoms with E-state index in [0.29, 0.717) is 28.0 Å². The van der Waals surface area contributed by atoms with Crippen molar-refractivity contribution in [1.82, 2.24) is 9.97 Å². The van der Waals surface area contributed by atoms with Gasteiger partial charge in [0.25, 0.3) is 5.56 Å². The number of amides is 1. The fourth-order valence-corrected chi connectivity index (χ4v) is 4.29. The molecule has 3 heterocycles. The van der Waals surface area contributed by atoms with E-state index in [9.17, 15) is 14.9 Å². The molecule has 1 aromatic carbocycles. The number of nitrogens with one attached hydrogen (secondary N) is 2. The molecule has 1 saturated heterocycles. The highest BCUT2D eigenvalue weighted by atomic mass is 35.5. The number of anilines is 2. The Morgan fingerprint density at radius 1 is 1.36 bits per heavy atom. The molecular weight excluding hydrogens is 378 g/mol. The van der Waals surface area contributed by atoms with Crippen molar-refractivity contribution in [3.63, 3.8) is 0 Å². The average molecular weight is 398 g/mol. The summed E-state index contributed by atoms with van der Waals surface area (Å²) in [5.74, 6) is -1.04. The predicted octanol–water partition coefficient (Wildman–Crippen LogP) is 2.88. The van der Waals surface area contributed by atoms with Gasteiger partial charge in [-0.1, -0.05) is 30.7 Å². The molecule has 0 aliphatic carbocycles. The van der Waals surface area contributed by atoms with Crippen molar-refractivity contribution in [2.24, 2.45) is 11.8 Å². The number of aromatic nitrogens is 2. The lowest BCUT2D eigenvalue weighted by Gasteiger charge is -2.33. The zero-order valence-corrected chi connectivity index (χ0v) is 16.2. The van der Waals surface area contributed by atoms with Crippen LogP contribution in [0.25, 0.3) is 0 Å². The number of aromatic amines is 1. The SMILES string of the molecule is CC1CCCN(c2nc3c(c(=O)[nH]2)C(c2cccc(Cl)c2)C(C#N)C(=O)N3)C1. The number of nitriles is 1. The fourth-order valence-electron chi connectivity index (χ4n) is 4.09. The molecule has 0 radical (unpaired) electrons. The number of halogens is 1. The van der Waals surface area contributed by atoms with Crippen LogP contribution in [-0.2, 0) is 4.79 Å². The van der Waals surface area contributed by atoms with Gasteiger partial charge in [-0.15, -0.1) is 0 Å². The van der Waals surface area contributed by atoms with Crippen LogP contribution in [0.2, 0.25) is 5.02 Å². The first-order valence-corrected chi connectivity index (χ1v) is 9.71. The van der Waals surface area contributed by atoms with E-state index in [1.807, 2.05) is 11.0 Å². The molecule has 0 bridgehead atoms. The number of H-pyrrole nitrogens is 1. The molecule has 4 rings (SSSR count). The van der Waals surface area contributed by atoms with Crippen molar-refractivity contribution in [3.05, 3.63) is 50.8 Å². The number of rotatable bonds is 2. The first-order valence-electron chi connectivity index (χ1n) is 9.33. The summed E-state index contributed by atoms with van der Waals surface area (Å²) < 4.78 is 0. The molecule has 1 amide bonds. The lowest BCUT2D eigenvalue weighted by molar-refractivity contribution is -0.119. The first-order chi connectivity index (χ1) is 13.5. The number of fused-ring (bicyclic) bond motifs is 1. The third-order valence-electron chi connectivity index (χ3n) is 5.41. The van der Waals surface area contributed by atoms with E-state index in [0.717, 1.165) is 25.9 Å². The number of hydrogen-bond acceptors (Lipinski definition) is 5. The lowest BCUT2D eigenvalue weighted by atomic mass is 9.79. The minimum Gasteiger partial charge on any atom is -0.342 e. The van der Waals surface area contributed by atoms with Crippen molar-refractivity contribution < 1.29 is 4.79 Å². The molecule has 28 heavy (non-hydrogen) atoms. The van der Waals surface area contributed by atoms with Gasteiger partial charge in [0.2, 0.25) is 11.9 Å². The summed E-state index contributed by atoms with van der Waals surface area (Å²) in [6.45, 7) is 3.77. The Hall–Kier alpha value is -2.85. The Bertz CT molecular complexity index is 1030. The molecule has 0 saturated carbocycles. The van der Waals surface area contributed by atoms with Crippen LogP contribution in [0.5, 0.6) is 0 Å². The molecule has 3 unspecified atom stereocenters. The highest BCUT2D eigenvalue weighted by Crippen LogP contribution is 2.39. The highest BCUT2D eigenvalue weighted by Gasteiger charge is 2.40. The number of carbonyl (C=O) groups excluding carboxylic acids is 1. The van der Waals surface area contributed by atoms with Crippen LogP contribution in [0.15, 0.2) is 29.1 Å². The normalized spacial score (nSPS) is 24.2. The van der Waals surface area contributed by atoms with Crippen LogP contribution >= 0.6 is 11.6 Å². The maximum atomic E-state index is 13.0. The van der Waals surface area contributed by atoms with Crippen LogP contribution in [-0.4, -0.2) is 29.0 Å². The van der Waals surface area contributed by atoms with Gasteiger partial charge in [-0.25, -0.2) is 0 Å². The van der Waals surface area contributed by atoms with Crippen molar-refractivity contribution in [2.75, 3.05) is 23.3 Å². The predicted molar refractivity (Wildman–Crippen MR) is 106 cm³/mol. The van der Waals surface area contributed by atoms with E-state index in [2.05, 4.69) is 22.2 Å². The van der Waals surface area contributed by atoms with E-state index >= 15 is 0 Å². The molecular formula is C20H20ClN5O2. The lowest BCUT2D eigenvalue weighted by Crippen LogP contribution is -2.41. The maximum Gasteiger partial charge on any atom is 0.258 e. The third kappa shape index (κ3) is 3.25. The zero-order chi connectivity index (χ0) is 19.8. The summed E-state index contributed by atoms with van der Waals surface area (Å²) in [5.41, 5.74) is 0.590. The summed E-state index contributed by atoms with van der Waals surface area (Å²) in [5, 5.41) is 12.7. The number of hydrogen-bond donors (Lipinski definition) is 2. The Labute approximate surface area is 167 Å². The molecule has 2 aliphatic heterocycles. The minimum atomic E-state index is -1.03. The average Bonchev–Trinajstić information content (AvgIpc) is 2.66. The second-order valence-electron chi connectivity index (χ2n) is 7.47. The van der Waals surface area contributed by atoms with Gasteiger partial charge < -0.3 is 10.2 Å². The summed E-state index contributed by atoms with van der Waals surface area (Å²) in [6, 6.07) is 8.92. The van der Waals surface area contributed by atoms with Crippen molar-refractivity contribution in [3.8, 4) is 6.07 Å². The third-order valence-corrected chi connectivity index (χ3v) is 5.65. The van der Waals surface area contributed by atoms with E-state index in [4.69, 9.17) is 11.6 Å². The molecule has 144 valence electrons. The van der Waals surface area contributed by atoms with Crippen LogP contribution in [0.3, 0.4) is 0 Å². The number of benzene rings is 1. The second kappa shape index (κ2) is 7.28. The van der Waals surface area contributed by atoms with Gasteiger partial charge in [0.15, 0.2) is 0 Å². The quantitative estimate of drug-likeness (QED) is 0.811. The van der Waals surface area contributed by atoms with E-state index in [-0.39, 0.29) is 11.4 Å². The van der Waals surface area contributed by atoms with Gasteiger partial charge in [0.1, 0.15) is 11.7 Å². The molecule has 2 aromatic rings. The van der Waals surface area contributed by atoms with Crippen LogP contribution in [0.1, 0.15) is 36.8 Å². The van der Waals surface area contributed by atoms with Gasteiger partial charge in [0, 0.05) is 24.0 Å². The zero-order valence-electron chi connectivity index (χ0n) is 15.4. The van der Waals surface area contributed by atoms with E-state index in [1.54, 1.807) is 24.3 Å². The monoisotopic (exact) mass is 397 g/mol. The van der Waals surface area contributed by atoms with E-state index in [1.165, 1.54) is 0 Å².